The van der Waals surface area contributed by atoms with Crippen molar-refractivity contribution in [3.63, 3.8) is 0 Å². The second-order valence-corrected chi connectivity index (χ2v) is 7.49. The highest BCUT2D eigenvalue weighted by Crippen LogP contribution is 2.24. The summed E-state index contributed by atoms with van der Waals surface area (Å²) >= 11 is 1.31. The van der Waals surface area contributed by atoms with Gasteiger partial charge in [-0.1, -0.05) is 19.1 Å². The zero-order valence-electron chi connectivity index (χ0n) is 11.5. The van der Waals surface area contributed by atoms with Crippen LogP contribution in [-0.2, 0) is 23.0 Å². The number of thiophene rings is 1. The number of anilines is 1. The summed E-state index contributed by atoms with van der Waals surface area (Å²) in [7, 11) is -1.63. The van der Waals surface area contributed by atoms with Crippen LogP contribution < -0.4 is 10.0 Å². The fourth-order valence-corrected chi connectivity index (χ4v) is 4.19. The van der Waals surface area contributed by atoms with Gasteiger partial charge in [-0.2, -0.15) is 0 Å². The first kappa shape index (κ1) is 15.0. The Balaban J connectivity index is 2.21. The van der Waals surface area contributed by atoms with Crippen molar-refractivity contribution in [1.82, 2.24) is 5.32 Å². The predicted octanol–water partition coefficient (Wildman–Crippen LogP) is 2.83. The van der Waals surface area contributed by atoms with E-state index in [-0.39, 0.29) is 0 Å². The molecule has 0 fully saturated rings. The van der Waals surface area contributed by atoms with E-state index in [0.717, 1.165) is 16.9 Å². The lowest BCUT2D eigenvalue weighted by atomic mass is 10.2. The summed E-state index contributed by atoms with van der Waals surface area (Å²) in [4.78, 5) is 1.06. The molecule has 0 bridgehead atoms. The molecule has 2 N–H and O–H groups in total. The molecule has 0 amide bonds. The molecule has 0 aliphatic carbocycles. The zero-order valence-corrected chi connectivity index (χ0v) is 13.1. The van der Waals surface area contributed by atoms with Crippen LogP contribution in [0.15, 0.2) is 40.6 Å². The summed E-state index contributed by atoms with van der Waals surface area (Å²) in [5.41, 5.74) is 1.62. The van der Waals surface area contributed by atoms with Crippen molar-refractivity contribution in [1.29, 1.82) is 0 Å². The van der Waals surface area contributed by atoms with Gasteiger partial charge in [0.2, 0.25) is 0 Å². The number of benzene rings is 1. The summed E-state index contributed by atoms with van der Waals surface area (Å²) in [6.07, 6.45) is 0.845. The van der Waals surface area contributed by atoms with Crippen molar-refractivity contribution in [3.8, 4) is 0 Å². The topological polar surface area (TPSA) is 58.2 Å². The second kappa shape index (κ2) is 6.39. The maximum atomic E-state index is 12.3. The molecule has 1 heterocycles. The first-order chi connectivity index (χ1) is 9.55. The van der Waals surface area contributed by atoms with E-state index in [2.05, 4.69) is 10.0 Å². The fourth-order valence-electron chi connectivity index (χ4n) is 1.85. The Labute approximate surface area is 123 Å². The minimum absolute atomic E-state index is 0.355. The molecule has 0 aliphatic heterocycles. The first-order valence-electron chi connectivity index (χ1n) is 6.40. The van der Waals surface area contributed by atoms with Crippen molar-refractivity contribution in [2.24, 2.45) is 0 Å². The average molecular weight is 310 g/mol. The van der Waals surface area contributed by atoms with Gasteiger partial charge < -0.3 is 5.32 Å². The van der Waals surface area contributed by atoms with Crippen LogP contribution in [0.25, 0.3) is 0 Å². The Kier molecular flexibility index (Phi) is 4.80. The lowest BCUT2D eigenvalue weighted by molar-refractivity contribution is 0.603. The van der Waals surface area contributed by atoms with Crippen LogP contribution in [0.1, 0.15) is 17.4 Å². The minimum atomic E-state index is -3.49. The summed E-state index contributed by atoms with van der Waals surface area (Å²) in [5, 5.41) is 3.04. The van der Waals surface area contributed by atoms with Gasteiger partial charge in [-0.15, -0.1) is 11.3 Å². The molecule has 0 unspecified atom stereocenters. The average Bonchev–Trinajstić information content (AvgIpc) is 2.88. The Morgan fingerprint density at radius 1 is 1.20 bits per heavy atom. The van der Waals surface area contributed by atoms with Gasteiger partial charge in [0, 0.05) is 17.1 Å². The van der Waals surface area contributed by atoms with E-state index in [4.69, 9.17) is 0 Å². The highest BCUT2D eigenvalue weighted by Gasteiger charge is 2.16. The Hall–Kier alpha value is -1.37. The van der Waals surface area contributed by atoms with Gasteiger partial charge >= 0.3 is 0 Å². The van der Waals surface area contributed by atoms with Crippen LogP contribution >= 0.6 is 11.3 Å². The van der Waals surface area contributed by atoms with E-state index in [9.17, 15) is 8.42 Å². The lowest BCUT2D eigenvalue weighted by Crippen LogP contribution is -2.12. The van der Waals surface area contributed by atoms with Crippen molar-refractivity contribution >= 4 is 27.0 Å². The van der Waals surface area contributed by atoms with Crippen LogP contribution in [0.5, 0.6) is 0 Å². The smallest absolute Gasteiger partial charge is 0.271 e. The zero-order chi connectivity index (χ0) is 14.6. The van der Waals surface area contributed by atoms with Crippen LogP contribution in [0.3, 0.4) is 0 Å². The molecule has 0 atom stereocenters. The third-order valence-electron chi connectivity index (χ3n) is 2.81. The maximum absolute atomic E-state index is 12.3. The number of nitrogens with one attached hydrogen (secondary N) is 2. The molecule has 2 aromatic rings. The molecule has 0 aliphatic rings. The van der Waals surface area contributed by atoms with Gasteiger partial charge in [0.05, 0.1) is 0 Å². The molecule has 0 spiro atoms. The van der Waals surface area contributed by atoms with Gasteiger partial charge in [-0.05, 0) is 43.3 Å². The quantitative estimate of drug-likeness (QED) is 0.862. The van der Waals surface area contributed by atoms with Crippen molar-refractivity contribution in [2.45, 2.75) is 24.1 Å². The molecular weight excluding hydrogens is 292 g/mol. The Morgan fingerprint density at radius 2 is 2.00 bits per heavy atom. The highest BCUT2D eigenvalue weighted by molar-refractivity contribution is 7.94. The Morgan fingerprint density at radius 3 is 2.65 bits per heavy atom. The number of hydrogen-bond acceptors (Lipinski definition) is 4. The molecule has 2 rings (SSSR count). The molecule has 4 nitrogen and oxygen atoms in total. The third-order valence-corrected chi connectivity index (χ3v) is 5.91. The molecule has 0 saturated carbocycles. The van der Waals surface area contributed by atoms with Gasteiger partial charge in [0.15, 0.2) is 0 Å². The highest BCUT2D eigenvalue weighted by atomic mass is 32.2. The largest absolute Gasteiger partial charge is 0.316 e. The summed E-state index contributed by atoms with van der Waals surface area (Å²) in [6.45, 7) is 2.71. The molecule has 108 valence electrons. The van der Waals surface area contributed by atoms with E-state index >= 15 is 0 Å². The summed E-state index contributed by atoms with van der Waals surface area (Å²) in [6, 6.07) is 10.9. The molecule has 0 radical (unpaired) electrons. The lowest BCUT2D eigenvalue weighted by Gasteiger charge is -2.08. The minimum Gasteiger partial charge on any atom is -0.316 e. The number of rotatable bonds is 6. The van der Waals surface area contributed by atoms with E-state index in [0.29, 0.717) is 16.4 Å². The number of sulfonamides is 1. The van der Waals surface area contributed by atoms with E-state index in [1.165, 1.54) is 11.3 Å². The van der Waals surface area contributed by atoms with Gasteiger partial charge in [-0.3, -0.25) is 4.72 Å². The SMILES string of the molecule is CCc1ccc(S(=O)(=O)Nc2cccc(CNC)c2)s1. The molecule has 1 aromatic carbocycles. The number of hydrogen-bond donors (Lipinski definition) is 2. The first-order valence-corrected chi connectivity index (χ1v) is 8.70. The second-order valence-electron chi connectivity index (χ2n) is 4.41. The Bertz CT molecular complexity index is 678. The molecule has 0 saturated heterocycles. The van der Waals surface area contributed by atoms with E-state index in [1.807, 2.05) is 38.2 Å². The van der Waals surface area contributed by atoms with Crippen LogP contribution in [0, 0.1) is 0 Å². The standard InChI is InChI=1S/C14H18N2O2S2/c1-3-13-7-8-14(19-13)20(17,18)16-12-6-4-5-11(9-12)10-15-2/h4-9,15-16H,3,10H2,1-2H3. The van der Waals surface area contributed by atoms with Gasteiger partial charge in [0.25, 0.3) is 10.0 Å². The molecule has 6 heteroatoms. The van der Waals surface area contributed by atoms with Gasteiger partial charge in [-0.25, -0.2) is 8.42 Å². The molecular formula is C14H18N2O2S2. The van der Waals surface area contributed by atoms with Crippen molar-refractivity contribution < 1.29 is 8.42 Å². The third kappa shape index (κ3) is 3.59. The summed E-state index contributed by atoms with van der Waals surface area (Å²) in [5.74, 6) is 0. The summed E-state index contributed by atoms with van der Waals surface area (Å²) < 4.78 is 27.5. The van der Waals surface area contributed by atoms with E-state index < -0.39 is 10.0 Å². The fraction of sp³-hybridized carbons (Fsp3) is 0.286. The van der Waals surface area contributed by atoms with Crippen molar-refractivity contribution in [2.75, 3.05) is 11.8 Å². The normalized spacial score (nSPS) is 11.5. The molecule has 1 aromatic heterocycles. The van der Waals surface area contributed by atoms with Crippen LogP contribution in [-0.4, -0.2) is 15.5 Å². The van der Waals surface area contributed by atoms with E-state index in [1.54, 1.807) is 12.1 Å². The number of aryl methyl sites for hydroxylation is 1. The van der Waals surface area contributed by atoms with Crippen LogP contribution in [0.4, 0.5) is 5.69 Å². The molecule has 20 heavy (non-hydrogen) atoms. The maximum Gasteiger partial charge on any atom is 0.271 e. The van der Waals surface area contributed by atoms with Crippen LogP contribution in [0.2, 0.25) is 0 Å². The van der Waals surface area contributed by atoms with Gasteiger partial charge in [0.1, 0.15) is 4.21 Å². The predicted molar refractivity (Wildman–Crippen MR) is 83.7 cm³/mol. The monoisotopic (exact) mass is 310 g/mol. The van der Waals surface area contributed by atoms with Crippen molar-refractivity contribution in [3.05, 3.63) is 46.8 Å².